The van der Waals surface area contributed by atoms with Crippen LogP contribution < -0.4 is 5.32 Å². The van der Waals surface area contributed by atoms with Gasteiger partial charge in [-0.3, -0.25) is 0 Å². The van der Waals surface area contributed by atoms with E-state index in [1.807, 2.05) is 6.08 Å². The molecule has 1 aliphatic heterocycles. The van der Waals surface area contributed by atoms with E-state index in [4.69, 9.17) is 4.74 Å². The summed E-state index contributed by atoms with van der Waals surface area (Å²) in [5.74, 6) is 1.15. The lowest BCUT2D eigenvalue weighted by Gasteiger charge is -2.47. The smallest absolute Gasteiger partial charge is 0.330 e. The first kappa shape index (κ1) is 25.4. The van der Waals surface area contributed by atoms with E-state index in [9.17, 15) is 9.90 Å². The molecular formula is C26H47NO3. The van der Waals surface area contributed by atoms with Gasteiger partial charge in [-0.1, -0.05) is 71.3 Å². The molecule has 1 aliphatic carbocycles. The first-order valence-electron chi connectivity index (χ1n) is 12.9. The zero-order chi connectivity index (χ0) is 21.8. The third-order valence-electron chi connectivity index (χ3n) is 7.23. The summed E-state index contributed by atoms with van der Waals surface area (Å²) >= 11 is 0. The third kappa shape index (κ3) is 8.70. The van der Waals surface area contributed by atoms with Crippen LogP contribution in [0, 0.1) is 11.8 Å². The monoisotopic (exact) mass is 421 g/mol. The van der Waals surface area contributed by atoms with Gasteiger partial charge in [-0.2, -0.15) is 0 Å². The second-order valence-electron chi connectivity index (χ2n) is 9.75. The van der Waals surface area contributed by atoms with Crippen LogP contribution in [0.25, 0.3) is 0 Å². The number of nitrogens with one attached hydrogen (secondary N) is 1. The molecule has 2 rings (SSSR count). The number of piperidine rings is 1. The van der Waals surface area contributed by atoms with Crippen molar-refractivity contribution in [3.63, 3.8) is 0 Å². The number of unbranched alkanes of at least 4 members (excludes halogenated alkanes) is 4. The number of esters is 1. The minimum Gasteiger partial charge on any atom is -0.458 e. The second kappa shape index (κ2) is 14.2. The Bertz CT molecular complexity index is 507. The molecule has 0 bridgehead atoms. The van der Waals surface area contributed by atoms with Gasteiger partial charge in [0.1, 0.15) is 6.10 Å². The predicted molar refractivity (Wildman–Crippen MR) is 124 cm³/mol. The average Bonchev–Trinajstić information content (AvgIpc) is 2.72. The lowest BCUT2D eigenvalue weighted by molar-refractivity contribution is -0.148. The molecule has 4 heteroatoms. The number of hydrogen-bond acceptors (Lipinski definition) is 4. The van der Waals surface area contributed by atoms with Crippen molar-refractivity contribution in [2.24, 2.45) is 11.8 Å². The summed E-state index contributed by atoms with van der Waals surface area (Å²) < 4.78 is 5.87. The van der Waals surface area contributed by atoms with E-state index in [1.54, 1.807) is 6.08 Å². The van der Waals surface area contributed by atoms with Gasteiger partial charge in [0.2, 0.25) is 0 Å². The van der Waals surface area contributed by atoms with Crippen LogP contribution in [0.2, 0.25) is 0 Å². The van der Waals surface area contributed by atoms with Crippen LogP contribution in [-0.4, -0.2) is 35.4 Å². The molecule has 0 radical (unpaired) electrons. The van der Waals surface area contributed by atoms with Crippen molar-refractivity contribution in [2.75, 3.05) is 0 Å². The molecule has 174 valence electrons. The lowest BCUT2D eigenvalue weighted by Crippen LogP contribution is -2.57. The maximum atomic E-state index is 12.3. The molecule has 6 atom stereocenters. The van der Waals surface area contributed by atoms with Gasteiger partial charge in [-0.05, 0) is 57.3 Å². The van der Waals surface area contributed by atoms with Gasteiger partial charge in [-0.15, -0.1) is 0 Å². The minimum atomic E-state index is -0.180. The normalized spacial score (nSPS) is 30.2. The first-order valence-corrected chi connectivity index (χ1v) is 12.9. The quantitative estimate of drug-likeness (QED) is 0.220. The van der Waals surface area contributed by atoms with Crippen LogP contribution in [0.1, 0.15) is 111 Å². The Morgan fingerprint density at radius 1 is 1.13 bits per heavy atom. The first-order chi connectivity index (χ1) is 14.5. The summed E-state index contributed by atoms with van der Waals surface area (Å²) in [5.41, 5.74) is 0. The molecule has 1 saturated carbocycles. The van der Waals surface area contributed by atoms with E-state index >= 15 is 0 Å². The summed E-state index contributed by atoms with van der Waals surface area (Å²) in [6, 6.07) is 0.801. The van der Waals surface area contributed by atoms with Crippen molar-refractivity contribution >= 4 is 5.97 Å². The Morgan fingerprint density at radius 2 is 1.97 bits per heavy atom. The highest BCUT2D eigenvalue weighted by atomic mass is 16.5. The SMILES string of the molecule is CCCCC/C=C/C(=O)O[C@@H]1C[C@H]2[C@@H](CCCCC(O)CCC)CCC[C@H]2N[C@@H]1C. The van der Waals surface area contributed by atoms with E-state index in [0.29, 0.717) is 12.0 Å². The van der Waals surface area contributed by atoms with Gasteiger partial charge in [0.25, 0.3) is 0 Å². The van der Waals surface area contributed by atoms with Crippen LogP contribution in [0.5, 0.6) is 0 Å². The number of allylic oxidation sites excluding steroid dienone is 1. The molecule has 2 N–H and O–H groups in total. The highest BCUT2D eigenvalue weighted by molar-refractivity contribution is 5.82. The Kier molecular flexibility index (Phi) is 12.1. The highest BCUT2D eigenvalue weighted by Crippen LogP contribution is 2.40. The molecule has 0 aromatic heterocycles. The van der Waals surface area contributed by atoms with Crippen LogP contribution in [0.4, 0.5) is 0 Å². The average molecular weight is 422 g/mol. The second-order valence-corrected chi connectivity index (χ2v) is 9.75. The van der Waals surface area contributed by atoms with E-state index in [1.165, 1.54) is 44.9 Å². The van der Waals surface area contributed by atoms with Crippen molar-refractivity contribution in [3.8, 4) is 0 Å². The van der Waals surface area contributed by atoms with Gasteiger partial charge in [0, 0.05) is 18.2 Å². The molecular weight excluding hydrogens is 374 g/mol. The Hall–Kier alpha value is -0.870. The number of aliphatic hydroxyl groups excluding tert-OH is 1. The molecule has 0 amide bonds. The fourth-order valence-electron chi connectivity index (χ4n) is 5.49. The topological polar surface area (TPSA) is 58.6 Å². The number of carbonyl (C=O) groups excluding carboxylic acids is 1. The fraction of sp³-hybridized carbons (Fsp3) is 0.885. The summed E-state index contributed by atoms with van der Waals surface area (Å²) in [4.78, 5) is 12.3. The van der Waals surface area contributed by atoms with E-state index in [0.717, 1.165) is 50.9 Å². The summed E-state index contributed by atoms with van der Waals surface area (Å²) in [6.45, 7) is 6.49. The zero-order valence-corrected chi connectivity index (χ0v) is 19.8. The molecule has 1 saturated heterocycles. The largest absolute Gasteiger partial charge is 0.458 e. The molecule has 1 unspecified atom stereocenters. The summed E-state index contributed by atoms with van der Waals surface area (Å²) in [7, 11) is 0. The molecule has 0 spiro atoms. The molecule has 30 heavy (non-hydrogen) atoms. The lowest BCUT2D eigenvalue weighted by atomic mass is 9.68. The molecule has 0 aromatic carbocycles. The van der Waals surface area contributed by atoms with Crippen molar-refractivity contribution in [2.45, 2.75) is 135 Å². The van der Waals surface area contributed by atoms with Crippen LogP contribution in [-0.2, 0) is 9.53 Å². The summed E-state index contributed by atoms with van der Waals surface area (Å²) in [5, 5.41) is 13.7. The van der Waals surface area contributed by atoms with Gasteiger partial charge >= 0.3 is 5.97 Å². The van der Waals surface area contributed by atoms with Crippen LogP contribution in [0.15, 0.2) is 12.2 Å². The number of carbonyl (C=O) groups is 1. The maximum Gasteiger partial charge on any atom is 0.330 e. The van der Waals surface area contributed by atoms with Gasteiger partial charge in [0.15, 0.2) is 0 Å². The Labute approximate surface area is 185 Å². The highest BCUT2D eigenvalue weighted by Gasteiger charge is 2.41. The predicted octanol–water partition coefficient (Wildman–Crippen LogP) is 5.92. The Morgan fingerprint density at radius 3 is 2.73 bits per heavy atom. The molecule has 0 aromatic rings. The van der Waals surface area contributed by atoms with Crippen LogP contribution in [0.3, 0.4) is 0 Å². The molecule has 1 heterocycles. The maximum absolute atomic E-state index is 12.3. The standard InChI is InChI=1S/C26H47NO3/c1-4-6-7-8-9-18-26(29)30-25-19-23-21(14-10-11-16-22(28)13-5-2)15-12-17-24(23)27-20(25)3/h9,18,20-25,27-28H,4-8,10-17,19H2,1-3H3/b18-9+/t20-,21+,22?,23+,24-,25-/m1/s1. The van der Waals surface area contributed by atoms with Crippen molar-refractivity contribution < 1.29 is 14.6 Å². The third-order valence-corrected chi connectivity index (χ3v) is 7.23. The summed E-state index contributed by atoms with van der Waals surface area (Å²) in [6.07, 6.45) is 19.3. The van der Waals surface area contributed by atoms with Crippen molar-refractivity contribution in [1.82, 2.24) is 5.32 Å². The van der Waals surface area contributed by atoms with E-state index in [-0.39, 0.29) is 24.2 Å². The van der Waals surface area contributed by atoms with Crippen LogP contribution >= 0.6 is 0 Å². The number of hydrogen-bond donors (Lipinski definition) is 2. The van der Waals surface area contributed by atoms with Gasteiger partial charge in [-0.25, -0.2) is 4.79 Å². The van der Waals surface area contributed by atoms with Gasteiger partial charge < -0.3 is 15.2 Å². The molecule has 2 fully saturated rings. The fourth-order valence-corrected chi connectivity index (χ4v) is 5.49. The number of ether oxygens (including phenoxy) is 1. The van der Waals surface area contributed by atoms with E-state index < -0.39 is 0 Å². The van der Waals surface area contributed by atoms with Crippen molar-refractivity contribution in [1.29, 1.82) is 0 Å². The van der Waals surface area contributed by atoms with Gasteiger partial charge in [0.05, 0.1) is 6.10 Å². The minimum absolute atomic E-state index is 0.0222. The molecule has 2 aliphatic rings. The van der Waals surface area contributed by atoms with Crippen molar-refractivity contribution in [3.05, 3.63) is 12.2 Å². The Balaban J connectivity index is 1.79. The van der Waals surface area contributed by atoms with E-state index in [2.05, 4.69) is 26.1 Å². The number of fused-ring (bicyclic) bond motifs is 1. The molecule has 4 nitrogen and oxygen atoms in total. The number of rotatable bonds is 13. The number of aliphatic hydroxyl groups is 1. The zero-order valence-electron chi connectivity index (χ0n) is 19.8.